The lowest BCUT2D eigenvalue weighted by Gasteiger charge is -2.38. The highest BCUT2D eigenvalue weighted by Gasteiger charge is 2.49. The number of carbonyl (C=O) groups excluding carboxylic acids is 1. The van der Waals surface area contributed by atoms with Gasteiger partial charge in [0, 0.05) is 5.92 Å². The number of hydrogen-bond acceptors (Lipinski definition) is 1. The Balaban J connectivity index is 2.98. The minimum absolute atomic E-state index is 0.112. The third-order valence-corrected chi connectivity index (χ3v) is 4.07. The highest BCUT2D eigenvalue weighted by atomic mass is 16.1. The molecule has 1 fully saturated rings. The van der Waals surface area contributed by atoms with Crippen molar-refractivity contribution in [3.8, 4) is 0 Å². The van der Waals surface area contributed by atoms with Crippen LogP contribution in [0.2, 0.25) is 0 Å². The fraction of sp³-hybridized carbons (Fsp3) is 0.750. The van der Waals surface area contributed by atoms with Crippen LogP contribution in [0.5, 0.6) is 0 Å². The molecule has 0 aromatic carbocycles. The number of hydrogen-bond donors (Lipinski definition) is 0. The van der Waals surface area contributed by atoms with Crippen LogP contribution in [0.4, 0.5) is 0 Å². The number of carbonyl (C=O) groups is 1. The molecule has 0 heterocycles. The van der Waals surface area contributed by atoms with Crippen LogP contribution < -0.4 is 0 Å². The second kappa shape index (κ2) is 3.28. The van der Waals surface area contributed by atoms with E-state index in [9.17, 15) is 4.79 Å². The molecule has 0 radical (unpaired) electrons. The molecule has 1 saturated carbocycles. The Morgan fingerprint density at radius 1 is 1.31 bits per heavy atom. The molecule has 1 aliphatic rings. The molecule has 0 aliphatic heterocycles. The summed E-state index contributed by atoms with van der Waals surface area (Å²) in [6.45, 7) is 8.73. The van der Waals surface area contributed by atoms with Gasteiger partial charge in [0.25, 0.3) is 0 Å². The summed E-state index contributed by atoms with van der Waals surface area (Å²) in [6, 6.07) is 0. The van der Waals surface area contributed by atoms with Gasteiger partial charge in [-0.05, 0) is 30.6 Å². The third-order valence-electron chi connectivity index (χ3n) is 4.07. The molecular weight excluding hydrogens is 160 g/mol. The molecule has 0 N–H and O–H groups in total. The van der Waals surface area contributed by atoms with Crippen molar-refractivity contribution >= 4 is 6.29 Å². The summed E-state index contributed by atoms with van der Waals surface area (Å²) in [5, 5.41) is 0. The fourth-order valence-corrected chi connectivity index (χ4v) is 2.47. The van der Waals surface area contributed by atoms with E-state index in [0.29, 0.717) is 0 Å². The van der Waals surface area contributed by atoms with E-state index in [1.165, 1.54) is 0 Å². The first-order chi connectivity index (χ1) is 5.98. The lowest BCUT2D eigenvalue weighted by Crippen LogP contribution is -2.33. The molecule has 0 spiro atoms. The van der Waals surface area contributed by atoms with Gasteiger partial charge in [-0.3, -0.25) is 0 Å². The van der Waals surface area contributed by atoms with Crippen LogP contribution in [0.1, 0.15) is 40.5 Å². The predicted octanol–water partition coefficient (Wildman–Crippen LogP) is 3.20. The maximum absolute atomic E-state index is 10.9. The SMILES string of the molecule is C/C=C/[C@@]1(C)CC[C@@H](C=O)C1(C)C. The van der Waals surface area contributed by atoms with Crippen LogP contribution in [-0.2, 0) is 4.79 Å². The molecule has 1 nitrogen and oxygen atoms in total. The van der Waals surface area contributed by atoms with Crippen molar-refractivity contribution in [1.82, 2.24) is 0 Å². The molecule has 0 saturated heterocycles. The topological polar surface area (TPSA) is 17.1 Å². The maximum Gasteiger partial charge on any atom is 0.123 e. The van der Waals surface area contributed by atoms with Gasteiger partial charge in [-0.25, -0.2) is 0 Å². The third kappa shape index (κ3) is 1.45. The van der Waals surface area contributed by atoms with E-state index in [1.807, 2.05) is 0 Å². The van der Waals surface area contributed by atoms with E-state index in [2.05, 4.69) is 39.8 Å². The largest absolute Gasteiger partial charge is 0.303 e. The van der Waals surface area contributed by atoms with Crippen LogP contribution in [0.15, 0.2) is 12.2 Å². The molecule has 0 aromatic heterocycles. The molecule has 1 rings (SSSR count). The Hall–Kier alpha value is -0.590. The van der Waals surface area contributed by atoms with E-state index in [1.54, 1.807) is 0 Å². The highest BCUT2D eigenvalue weighted by Crippen LogP contribution is 2.55. The molecule has 0 aromatic rings. The molecule has 1 heteroatoms. The quantitative estimate of drug-likeness (QED) is 0.471. The number of allylic oxidation sites excluding steroid dienone is 2. The zero-order valence-electron chi connectivity index (χ0n) is 9.13. The molecule has 74 valence electrons. The summed E-state index contributed by atoms with van der Waals surface area (Å²) in [6.07, 6.45) is 7.67. The van der Waals surface area contributed by atoms with Crippen molar-refractivity contribution in [2.24, 2.45) is 16.7 Å². The van der Waals surface area contributed by atoms with Gasteiger partial charge in [0.15, 0.2) is 0 Å². The summed E-state index contributed by atoms with van der Waals surface area (Å²) in [5.41, 5.74) is 0.314. The van der Waals surface area contributed by atoms with Crippen LogP contribution >= 0.6 is 0 Å². The second-order valence-electron chi connectivity index (χ2n) is 4.92. The van der Waals surface area contributed by atoms with Crippen LogP contribution in [0.25, 0.3) is 0 Å². The summed E-state index contributed by atoms with van der Waals surface area (Å²) >= 11 is 0. The van der Waals surface area contributed by atoms with Crippen molar-refractivity contribution in [2.45, 2.75) is 40.5 Å². The Morgan fingerprint density at radius 3 is 2.31 bits per heavy atom. The summed E-state index contributed by atoms with van der Waals surface area (Å²) in [7, 11) is 0. The predicted molar refractivity (Wildman–Crippen MR) is 55.5 cm³/mol. The van der Waals surface area contributed by atoms with Gasteiger partial charge < -0.3 is 4.79 Å². The van der Waals surface area contributed by atoms with E-state index >= 15 is 0 Å². The average Bonchev–Trinajstić information content (AvgIpc) is 2.25. The van der Waals surface area contributed by atoms with E-state index in [0.717, 1.165) is 19.1 Å². The van der Waals surface area contributed by atoms with Gasteiger partial charge in [0.05, 0.1) is 0 Å². The minimum Gasteiger partial charge on any atom is -0.303 e. The van der Waals surface area contributed by atoms with Crippen molar-refractivity contribution < 1.29 is 4.79 Å². The Labute approximate surface area is 81.2 Å². The van der Waals surface area contributed by atoms with Crippen LogP contribution in [0, 0.1) is 16.7 Å². The van der Waals surface area contributed by atoms with Gasteiger partial charge in [0.2, 0.25) is 0 Å². The second-order valence-corrected chi connectivity index (χ2v) is 4.92. The molecule has 0 unspecified atom stereocenters. The molecule has 0 amide bonds. The summed E-state index contributed by atoms with van der Waals surface area (Å²) < 4.78 is 0. The fourth-order valence-electron chi connectivity index (χ4n) is 2.47. The smallest absolute Gasteiger partial charge is 0.123 e. The van der Waals surface area contributed by atoms with Crippen molar-refractivity contribution in [3.05, 3.63) is 12.2 Å². The highest BCUT2D eigenvalue weighted by molar-refractivity contribution is 5.56. The van der Waals surface area contributed by atoms with Crippen molar-refractivity contribution in [2.75, 3.05) is 0 Å². The molecule has 1 aliphatic carbocycles. The Bertz CT molecular complexity index is 227. The average molecular weight is 180 g/mol. The monoisotopic (exact) mass is 180 g/mol. The van der Waals surface area contributed by atoms with Crippen LogP contribution in [0.3, 0.4) is 0 Å². The lowest BCUT2D eigenvalue weighted by molar-refractivity contribution is -0.114. The standard InChI is InChI=1S/C12H20O/c1-5-7-12(4)8-6-10(9-13)11(12,2)3/h5,7,9-10H,6,8H2,1-4H3/b7-5+/t10-,12-/m0/s1. The Morgan fingerprint density at radius 2 is 1.92 bits per heavy atom. The van der Waals surface area contributed by atoms with Crippen molar-refractivity contribution in [1.29, 1.82) is 0 Å². The van der Waals surface area contributed by atoms with E-state index in [4.69, 9.17) is 0 Å². The maximum atomic E-state index is 10.9. The zero-order chi connectivity index (χ0) is 10.1. The lowest BCUT2D eigenvalue weighted by atomic mass is 9.66. The first-order valence-corrected chi connectivity index (χ1v) is 5.07. The first kappa shape index (κ1) is 10.5. The zero-order valence-corrected chi connectivity index (χ0v) is 9.13. The van der Waals surface area contributed by atoms with Gasteiger partial charge in [0.1, 0.15) is 6.29 Å². The van der Waals surface area contributed by atoms with Gasteiger partial charge in [-0.2, -0.15) is 0 Å². The van der Waals surface area contributed by atoms with E-state index in [-0.39, 0.29) is 16.7 Å². The molecular formula is C12H20O. The normalized spacial score (nSPS) is 38.3. The van der Waals surface area contributed by atoms with Gasteiger partial charge in [-0.1, -0.05) is 32.9 Å². The van der Waals surface area contributed by atoms with Crippen LogP contribution in [-0.4, -0.2) is 6.29 Å². The van der Waals surface area contributed by atoms with Crippen molar-refractivity contribution in [3.63, 3.8) is 0 Å². The summed E-state index contributed by atoms with van der Waals surface area (Å²) in [5.74, 6) is 0.230. The van der Waals surface area contributed by atoms with E-state index < -0.39 is 0 Å². The molecule has 0 bridgehead atoms. The molecule has 13 heavy (non-hydrogen) atoms. The summed E-state index contributed by atoms with van der Waals surface area (Å²) in [4.78, 5) is 10.9. The Kier molecular flexibility index (Phi) is 2.65. The minimum atomic E-state index is 0.112. The number of aldehydes is 1. The molecule has 2 atom stereocenters. The first-order valence-electron chi connectivity index (χ1n) is 5.07. The van der Waals surface area contributed by atoms with Gasteiger partial charge >= 0.3 is 0 Å². The van der Waals surface area contributed by atoms with Gasteiger partial charge in [-0.15, -0.1) is 0 Å². The number of rotatable bonds is 2.